The molecule has 2 N–H and O–H groups in total. The average molecular weight is 220 g/mol. The summed E-state index contributed by atoms with van der Waals surface area (Å²) in [4.78, 5) is 2.47. The van der Waals surface area contributed by atoms with Gasteiger partial charge in [0.15, 0.2) is 0 Å². The molecule has 0 aromatic carbocycles. The quantitative estimate of drug-likeness (QED) is 0.693. The Balaban J connectivity index is 2.31. The van der Waals surface area contributed by atoms with Gasteiger partial charge in [-0.3, -0.25) is 10.8 Å². The molecular weight excluding hydrogens is 212 g/mol. The number of nitrogens with one attached hydrogen (secondary N) is 2. The minimum atomic E-state index is 0.405. The van der Waals surface area contributed by atoms with Crippen LogP contribution in [-0.2, 0) is 0 Å². The molecule has 4 heteroatoms. The normalized spacial score (nSPS) is 20.0. The van der Waals surface area contributed by atoms with Crippen molar-refractivity contribution in [3.8, 4) is 0 Å². The molecule has 0 atom stereocenters. The second-order valence-corrected chi connectivity index (χ2v) is 5.34. The zero-order valence-corrected chi connectivity index (χ0v) is 9.02. The lowest BCUT2D eigenvalue weighted by atomic mass is 9.93. The smallest absolute Gasteiger partial charge is 0.0879 e. The van der Waals surface area contributed by atoms with Crippen molar-refractivity contribution in [3.63, 3.8) is 0 Å². The van der Waals surface area contributed by atoms with Gasteiger partial charge >= 0.3 is 0 Å². The molecule has 2 nitrogen and oxygen atoms in total. The van der Waals surface area contributed by atoms with E-state index in [0.29, 0.717) is 11.4 Å². The molecule has 1 aromatic rings. The van der Waals surface area contributed by atoms with E-state index in [4.69, 9.17) is 10.8 Å². The van der Waals surface area contributed by atoms with Gasteiger partial charge in [0.2, 0.25) is 0 Å². The number of hydrogen-bond donors (Lipinski definition) is 2. The van der Waals surface area contributed by atoms with Crippen molar-refractivity contribution in [2.75, 3.05) is 5.75 Å². The van der Waals surface area contributed by atoms with Crippen molar-refractivity contribution in [2.24, 2.45) is 0 Å². The van der Waals surface area contributed by atoms with E-state index in [1.807, 2.05) is 23.2 Å². The molecule has 0 saturated heterocycles. The second kappa shape index (κ2) is 2.81. The van der Waals surface area contributed by atoms with E-state index in [1.54, 1.807) is 11.3 Å². The molecule has 0 spiro atoms. The Labute approximate surface area is 90.1 Å². The number of thioether (sulfide) groups is 1. The molecule has 70 valence electrons. The SMILES string of the molecule is N=C1C(=N)c2ccsc2C2=C1CCS2. The molecule has 0 saturated carbocycles. The predicted octanol–water partition coefficient (Wildman–Crippen LogP) is 3.00. The molecule has 2 heterocycles. The lowest BCUT2D eigenvalue weighted by molar-refractivity contribution is 1.21. The largest absolute Gasteiger partial charge is 0.298 e. The molecule has 0 fully saturated rings. The van der Waals surface area contributed by atoms with Crippen molar-refractivity contribution in [3.05, 3.63) is 27.5 Å². The fourth-order valence-electron chi connectivity index (χ4n) is 1.86. The Hall–Kier alpha value is -0.870. The average Bonchev–Trinajstić information content (AvgIpc) is 2.80. The third-order valence-corrected chi connectivity index (χ3v) is 4.77. The van der Waals surface area contributed by atoms with Gasteiger partial charge in [-0.05, 0) is 23.4 Å². The van der Waals surface area contributed by atoms with Gasteiger partial charge in [0.1, 0.15) is 0 Å². The van der Waals surface area contributed by atoms with Crippen LogP contribution in [0.3, 0.4) is 0 Å². The van der Waals surface area contributed by atoms with Crippen LogP contribution in [0.5, 0.6) is 0 Å². The number of thiophene rings is 1. The van der Waals surface area contributed by atoms with Gasteiger partial charge in [0.25, 0.3) is 0 Å². The fourth-order valence-corrected chi connectivity index (χ4v) is 4.18. The van der Waals surface area contributed by atoms with Crippen molar-refractivity contribution < 1.29 is 0 Å². The van der Waals surface area contributed by atoms with Gasteiger partial charge in [0, 0.05) is 16.2 Å². The minimum absolute atomic E-state index is 0.405. The lowest BCUT2D eigenvalue weighted by Crippen LogP contribution is -2.19. The highest BCUT2D eigenvalue weighted by molar-refractivity contribution is 8.08. The summed E-state index contributed by atoms with van der Waals surface area (Å²) in [7, 11) is 0. The molecule has 0 radical (unpaired) electrons. The van der Waals surface area contributed by atoms with Crippen LogP contribution in [0.25, 0.3) is 4.91 Å². The van der Waals surface area contributed by atoms with E-state index in [1.165, 1.54) is 9.78 Å². The minimum Gasteiger partial charge on any atom is -0.298 e. The van der Waals surface area contributed by atoms with Crippen LogP contribution >= 0.6 is 23.1 Å². The molecule has 0 bridgehead atoms. The zero-order valence-electron chi connectivity index (χ0n) is 7.39. The molecule has 0 amide bonds. The molecular formula is C10H8N2S2. The van der Waals surface area contributed by atoms with E-state index in [-0.39, 0.29) is 0 Å². The van der Waals surface area contributed by atoms with Crippen molar-refractivity contribution in [1.82, 2.24) is 0 Å². The third kappa shape index (κ3) is 0.925. The second-order valence-electron chi connectivity index (χ2n) is 3.32. The van der Waals surface area contributed by atoms with Gasteiger partial charge in [-0.2, -0.15) is 0 Å². The van der Waals surface area contributed by atoms with Crippen LogP contribution in [-0.4, -0.2) is 17.2 Å². The molecule has 3 rings (SSSR count). The first-order valence-corrected chi connectivity index (χ1v) is 6.27. The van der Waals surface area contributed by atoms with Gasteiger partial charge in [0.05, 0.1) is 16.3 Å². The van der Waals surface area contributed by atoms with Crippen LogP contribution in [0.1, 0.15) is 16.9 Å². The number of hydrogen-bond acceptors (Lipinski definition) is 4. The number of fused-ring (bicyclic) bond motifs is 2. The van der Waals surface area contributed by atoms with Crippen molar-refractivity contribution in [2.45, 2.75) is 6.42 Å². The number of rotatable bonds is 0. The molecule has 14 heavy (non-hydrogen) atoms. The Kier molecular flexibility index (Phi) is 1.69. The maximum Gasteiger partial charge on any atom is 0.0879 e. The Morgan fingerprint density at radius 3 is 2.93 bits per heavy atom. The van der Waals surface area contributed by atoms with Crippen molar-refractivity contribution >= 4 is 39.4 Å². The van der Waals surface area contributed by atoms with E-state index in [2.05, 4.69) is 0 Å². The summed E-state index contributed by atoms with van der Waals surface area (Å²) in [6, 6.07) is 1.96. The monoisotopic (exact) mass is 220 g/mol. The lowest BCUT2D eigenvalue weighted by Gasteiger charge is -2.15. The maximum atomic E-state index is 7.90. The molecule has 1 aliphatic carbocycles. The van der Waals surface area contributed by atoms with Crippen LogP contribution in [0.2, 0.25) is 0 Å². The molecule has 1 aliphatic heterocycles. The van der Waals surface area contributed by atoms with E-state index in [0.717, 1.165) is 23.3 Å². The topological polar surface area (TPSA) is 47.7 Å². The summed E-state index contributed by atoms with van der Waals surface area (Å²) < 4.78 is 0. The Morgan fingerprint density at radius 1 is 1.21 bits per heavy atom. The third-order valence-electron chi connectivity index (χ3n) is 2.57. The van der Waals surface area contributed by atoms with Crippen LogP contribution < -0.4 is 0 Å². The summed E-state index contributed by atoms with van der Waals surface area (Å²) in [6.45, 7) is 0. The number of allylic oxidation sites excluding steroid dienone is 1. The highest BCUT2D eigenvalue weighted by Gasteiger charge is 2.31. The van der Waals surface area contributed by atoms with Crippen LogP contribution in [0.4, 0.5) is 0 Å². The van der Waals surface area contributed by atoms with E-state index < -0.39 is 0 Å². The van der Waals surface area contributed by atoms with E-state index >= 15 is 0 Å². The zero-order chi connectivity index (χ0) is 9.71. The van der Waals surface area contributed by atoms with Gasteiger partial charge in [-0.15, -0.1) is 23.1 Å². The first-order chi connectivity index (χ1) is 6.79. The maximum absolute atomic E-state index is 7.90. The fraction of sp³-hybridized carbons (Fsp3) is 0.200. The predicted molar refractivity (Wildman–Crippen MR) is 62.9 cm³/mol. The van der Waals surface area contributed by atoms with E-state index in [9.17, 15) is 0 Å². The summed E-state index contributed by atoms with van der Waals surface area (Å²) in [5.41, 5.74) is 2.89. The molecule has 2 aliphatic rings. The summed E-state index contributed by atoms with van der Waals surface area (Å²) in [5.74, 6) is 1.07. The molecule has 1 aromatic heterocycles. The Bertz CT molecular complexity index is 482. The van der Waals surface area contributed by atoms with Crippen LogP contribution in [0, 0.1) is 10.8 Å². The first kappa shape index (κ1) is 8.44. The first-order valence-electron chi connectivity index (χ1n) is 4.41. The van der Waals surface area contributed by atoms with Gasteiger partial charge in [-0.1, -0.05) is 0 Å². The van der Waals surface area contributed by atoms with Crippen LogP contribution in [0.15, 0.2) is 17.0 Å². The highest BCUT2D eigenvalue weighted by atomic mass is 32.2. The van der Waals surface area contributed by atoms with Crippen molar-refractivity contribution in [1.29, 1.82) is 10.8 Å². The standard InChI is InChI=1S/C10H8N2S2/c11-7-5-1-3-13-9(5)10-6(8(7)12)2-4-14-10/h1,3,11-12H,2,4H2. The van der Waals surface area contributed by atoms with Gasteiger partial charge < -0.3 is 0 Å². The highest BCUT2D eigenvalue weighted by Crippen LogP contribution is 2.46. The summed E-state index contributed by atoms with van der Waals surface area (Å²) >= 11 is 3.52. The summed E-state index contributed by atoms with van der Waals surface area (Å²) in [6.07, 6.45) is 0.957. The van der Waals surface area contributed by atoms with Gasteiger partial charge in [-0.25, -0.2) is 0 Å². The molecule has 0 unspecified atom stereocenters. The Morgan fingerprint density at radius 2 is 2.07 bits per heavy atom. The summed E-state index contributed by atoms with van der Waals surface area (Å²) in [5, 5.41) is 17.8.